The van der Waals surface area contributed by atoms with Crippen molar-refractivity contribution in [1.82, 2.24) is 47.8 Å². The lowest BCUT2D eigenvalue weighted by Gasteiger charge is -2.37. The van der Waals surface area contributed by atoms with Gasteiger partial charge in [-0.2, -0.15) is 0 Å². The van der Waals surface area contributed by atoms with Gasteiger partial charge in [0.1, 0.15) is 103 Å². The zero-order valence-corrected chi connectivity index (χ0v) is 68.2. The summed E-state index contributed by atoms with van der Waals surface area (Å²) in [7, 11) is -19.2. The first-order valence-electron chi connectivity index (χ1n) is 36.9. The molecule has 5 aromatic heterocycles. The van der Waals surface area contributed by atoms with Crippen LogP contribution in [0.3, 0.4) is 0 Å². The number of aliphatic hydroxyl groups excluding tert-OH is 1. The van der Waals surface area contributed by atoms with Gasteiger partial charge in [-0.25, -0.2) is 42.2 Å². The second kappa shape index (κ2) is 36.1. The number of aromatic amines is 5. The lowest BCUT2D eigenvalue weighted by molar-refractivity contribution is -0.0952. The summed E-state index contributed by atoms with van der Waals surface area (Å²) in [5, 5.41) is 10.9. The summed E-state index contributed by atoms with van der Waals surface area (Å²) in [5.74, 6) is 1.01. The minimum Gasteiger partial charge on any atom is -0.497 e. The lowest BCUT2D eigenvalue weighted by Crippen LogP contribution is -2.38. The van der Waals surface area contributed by atoms with E-state index < -0.39 is 238 Å². The van der Waals surface area contributed by atoms with Gasteiger partial charge in [-0.15, -0.1) is 0 Å². The molecule has 0 amide bonds. The molecule has 0 spiro atoms. The molecule has 13 rings (SSSR count). The maximum Gasteiger partial charge on any atom is 0.472 e. The highest BCUT2D eigenvalue weighted by Crippen LogP contribution is 2.56. The van der Waals surface area contributed by atoms with Crippen molar-refractivity contribution in [2.75, 3.05) is 47.3 Å². The van der Waals surface area contributed by atoms with Crippen LogP contribution in [0.5, 0.6) is 11.5 Å². The number of ether oxygens (including phenoxy) is 8. The molecule has 5 aliphatic rings. The molecule has 19 atom stereocenters. The average molecular weight is 1760 g/mol. The van der Waals surface area contributed by atoms with Gasteiger partial charge in [0, 0.05) is 90.9 Å². The third kappa shape index (κ3) is 20.1. The minimum absolute atomic E-state index is 0.00764. The van der Waals surface area contributed by atoms with E-state index in [1.54, 1.807) is 66.7 Å². The van der Waals surface area contributed by atoms with Crippen LogP contribution in [0.15, 0.2) is 158 Å². The maximum atomic E-state index is 14.7. The monoisotopic (exact) mass is 1760 g/mol. The van der Waals surface area contributed by atoms with Crippen molar-refractivity contribution in [2.45, 2.75) is 165 Å². The molecule has 5 saturated heterocycles. The van der Waals surface area contributed by atoms with E-state index in [2.05, 4.69) is 24.9 Å². The van der Waals surface area contributed by atoms with Crippen LogP contribution in [-0.4, -0.2) is 181 Å². The van der Waals surface area contributed by atoms with Gasteiger partial charge in [-0.1, -0.05) is 54.6 Å². The highest BCUT2D eigenvalue weighted by Gasteiger charge is 2.51. The predicted octanol–water partition coefficient (Wildman–Crippen LogP) is 2.11. The van der Waals surface area contributed by atoms with E-state index in [-0.39, 0.29) is 40.7 Å². The number of nitrogens with one attached hydrogen (secondary N) is 5. The van der Waals surface area contributed by atoms with Gasteiger partial charge in [-0.3, -0.25) is 108 Å². The van der Waals surface area contributed by atoms with E-state index in [0.29, 0.717) is 28.2 Å². The Hall–Kier alpha value is -9.18. The van der Waals surface area contributed by atoms with Crippen molar-refractivity contribution in [1.29, 1.82) is 0 Å². The van der Waals surface area contributed by atoms with E-state index in [1.807, 2.05) is 12.1 Å². The Bertz CT molecular complexity index is 5900. The molecule has 10 N–H and O–H groups in total. The second-order valence-electron chi connectivity index (χ2n) is 28.7. The van der Waals surface area contributed by atoms with Crippen LogP contribution < -0.4 is 65.7 Å². The molecule has 5 fully saturated rings. The molecular weight excluding hydrogens is 1680 g/mol. The molecular formula is C71H84N10O35P4. The summed E-state index contributed by atoms with van der Waals surface area (Å²) in [6.45, 7) is 2.14. The number of aromatic nitrogens is 10. The molecule has 0 aliphatic carbocycles. The van der Waals surface area contributed by atoms with Gasteiger partial charge in [0.25, 0.3) is 27.8 Å². The average Bonchev–Trinajstić information content (AvgIpc) is 1.17. The fourth-order valence-corrected chi connectivity index (χ4v) is 18.2. The van der Waals surface area contributed by atoms with Crippen LogP contribution in [-0.2, 0) is 88.5 Å². The third-order valence-electron chi connectivity index (χ3n) is 20.5. The summed E-state index contributed by atoms with van der Waals surface area (Å²) >= 11 is 0. The first-order valence-corrected chi connectivity index (χ1v) is 42.9. The Labute approximate surface area is 675 Å². The number of hydrogen-bond donors (Lipinski definition) is 10. The number of nitrogens with zero attached hydrogens (tertiary/aromatic N) is 5. The number of methoxy groups -OCH3 is 2. The number of aliphatic hydroxyl groups is 1. The van der Waals surface area contributed by atoms with Crippen LogP contribution in [0.4, 0.5) is 0 Å². The Morgan fingerprint density at radius 1 is 0.358 bits per heavy atom. The number of aryl methyl sites for hydroxylation is 5. The molecule has 4 unspecified atom stereocenters. The molecule has 0 saturated carbocycles. The number of rotatable bonds is 33. The maximum absolute atomic E-state index is 14.7. The number of hydrogen-bond acceptors (Lipinski definition) is 31. The van der Waals surface area contributed by atoms with Crippen LogP contribution in [0, 0.1) is 34.6 Å². The van der Waals surface area contributed by atoms with Crippen molar-refractivity contribution in [3.8, 4) is 11.5 Å². The summed E-state index contributed by atoms with van der Waals surface area (Å²) < 4.78 is 155. The summed E-state index contributed by atoms with van der Waals surface area (Å²) in [6, 6.07) is 22.9. The Balaban J connectivity index is 0.729. The molecule has 0 bridgehead atoms. The SMILES string of the molecule is COc1ccc(C(OC[C@H]2O[C@@H](n3cc(C)c(=O)[nH]c3=O)C[C@@H]2OP(=O)(O)OC[C@H]2O[C@@H](n3cc(C)c(=O)[nH]c3=O)C[C@@H]2OP(=O)(O)OC[C@H]2O[C@@H](n3cc(C)c(=O)[nH]c3=O)C[C@@H]2OP(=O)(O)OC[C@H]2O[C@@H](n3cc(C)c(=O)[nH]c3=O)C[C@@H]2OP(=O)(O)OC[C@H]2O[C@@H](n3cc(C)c(=O)[nH]c3=O)C[C@@H]2O)(c2ccccc2)c2ccc(OC)cc2)cc1. The second-order valence-corrected chi connectivity index (χ2v) is 34.4. The Morgan fingerprint density at radius 2 is 0.600 bits per heavy atom. The standard InChI is InChI=1S/C71H84N10O35P4/c1-36-26-77(66(88)72-61(36)83)56-21-46(82)51(108-56)32-104-117(93,94)114-48-23-58(79-28-38(3)63(85)74-68(79)90)110-53(48)34-106-119(97,98)116-50-25-60(81-30-40(5)65(87)76-70(81)92)112-55(50)35-107-120(99,100)115-49-24-59(80-29-39(4)64(86)75-69(80)91)111-54(49)33-105-118(95,96)113-47-22-57(78-27-37(2)62(84)73-67(78)89)109-52(47)31-103-71(41-11-9-8-10-12-41,42-13-17-44(101-6)18-14-42)43-15-19-45(102-7)20-16-43/h8-20,26-30,46-60,82H,21-25,31-35H2,1-7H3,(H,93,94)(H,95,96)(H,97,98)(H,99,100)(H,72,83,88)(H,73,84,89)(H,74,85,90)(H,75,86,91)(H,76,87,92)/t46-,47-,48-,49-,50-,51+,52+,53+,54+,55+,56+,57+,58+,59+,60+/m0/s1. The van der Waals surface area contributed by atoms with Crippen LogP contribution in [0.2, 0.25) is 0 Å². The molecule has 648 valence electrons. The van der Waals surface area contributed by atoms with Gasteiger partial charge in [0.05, 0.1) is 53.4 Å². The van der Waals surface area contributed by atoms with Crippen LogP contribution in [0.1, 0.15) is 108 Å². The molecule has 3 aromatic carbocycles. The fraction of sp³-hybridized carbons (Fsp3) is 0.465. The Morgan fingerprint density at radius 3 is 0.875 bits per heavy atom. The van der Waals surface area contributed by atoms with Crippen molar-refractivity contribution in [2.24, 2.45) is 0 Å². The highest BCUT2D eigenvalue weighted by molar-refractivity contribution is 7.48. The highest BCUT2D eigenvalue weighted by atomic mass is 31.2. The van der Waals surface area contributed by atoms with E-state index in [0.717, 1.165) is 41.4 Å². The molecule has 10 heterocycles. The fourth-order valence-electron chi connectivity index (χ4n) is 14.3. The van der Waals surface area contributed by atoms with Crippen molar-refractivity contribution in [3.05, 3.63) is 259 Å². The Kier molecular flexibility index (Phi) is 26.6. The molecule has 49 heteroatoms. The molecule has 8 aromatic rings. The largest absolute Gasteiger partial charge is 0.497 e. The van der Waals surface area contributed by atoms with E-state index in [9.17, 15) is 90.9 Å². The minimum atomic E-state index is -5.66. The van der Waals surface area contributed by atoms with Gasteiger partial charge >= 0.3 is 59.7 Å². The summed E-state index contributed by atoms with van der Waals surface area (Å²) in [4.78, 5) is 185. The van der Waals surface area contributed by atoms with E-state index >= 15 is 0 Å². The number of phosphoric ester groups is 4. The molecule has 0 radical (unpaired) electrons. The first kappa shape index (κ1) is 88.6. The summed E-state index contributed by atoms with van der Waals surface area (Å²) in [5.41, 5.74) is -8.42. The number of benzene rings is 3. The van der Waals surface area contributed by atoms with E-state index in [4.69, 9.17) is 74.1 Å². The zero-order valence-electron chi connectivity index (χ0n) is 64.6. The van der Waals surface area contributed by atoms with Gasteiger partial charge in [0.15, 0.2) is 0 Å². The molecule has 5 aliphatic heterocycles. The van der Waals surface area contributed by atoms with Gasteiger partial charge in [-0.05, 0) is 75.6 Å². The van der Waals surface area contributed by atoms with Gasteiger partial charge in [0.2, 0.25) is 0 Å². The predicted molar refractivity (Wildman–Crippen MR) is 410 cm³/mol. The van der Waals surface area contributed by atoms with E-state index in [1.165, 1.54) is 61.2 Å². The number of H-pyrrole nitrogens is 5. The van der Waals surface area contributed by atoms with Crippen molar-refractivity contribution in [3.63, 3.8) is 0 Å². The first-order chi connectivity index (χ1) is 56.8. The van der Waals surface area contributed by atoms with Crippen LogP contribution >= 0.6 is 31.3 Å². The van der Waals surface area contributed by atoms with Gasteiger partial charge < -0.3 is 62.6 Å². The molecule has 120 heavy (non-hydrogen) atoms. The lowest BCUT2D eigenvalue weighted by atomic mass is 9.80. The summed E-state index contributed by atoms with van der Waals surface area (Å²) in [6.07, 6.45) is -20.2. The smallest absolute Gasteiger partial charge is 0.472 e. The normalized spacial score (nSPS) is 26.4. The van der Waals surface area contributed by atoms with Crippen LogP contribution in [0.25, 0.3) is 0 Å². The molecule has 45 nitrogen and oxygen atoms in total. The third-order valence-corrected chi connectivity index (χ3v) is 24.6. The quantitative estimate of drug-likeness (QED) is 0.0208. The van der Waals surface area contributed by atoms with Crippen molar-refractivity contribution >= 4 is 31.3 Å². The zero-order chi connectivity index (χ0) is 86.2. The van der Waals surface area contributed by atoms with Crippen molar-refractivity contribution < 1.29 is 117 Å². The topological polar surface area (TPSA) is 591 Å². The number of phosphoric acid groups is 4.